The first kappa shape index (κ1) is 16.3. The SMILES string of the molecule is CC1(CNC(=O)CN2CCCCCCC2=O)CCNCC1. The van der Waals surface area contributed by atoms with Gasteiger partial charge in [0.25, 0.3) is 0 Å². The van der Waals surface area contributed by atoms with Crippen molar-refractivity contribution in [3.8, 4) is 0 Å². The number of nitrogens with one attached hydrogen (secondary N) is 2. The number of carbonyl (C=O) groups excluding carboxylic acids is 2. The molecule has 0 radical (unpaired) electrons. The standard InChI is InChI=1S/C16H29N3O2/c1-16(7-9-17-10-8-16)13-18-14(20)12-19-11-5-3-2-4-6-15(19)21/h17H,2-13H2,1H3,(H,18,20). The fraction of sp³-hybridized carbons (Fsp3) is 0.875. The van der Waals surface area contributed by atoms with Crippen molar-refractivity contribution < 1.29 is 9.59 Å². The van der Waals surface area contributed by atoms with Gasteiger partial charge in [0.15, 0.2) is 0 Å². The third-order valence-corrected chi connectivity index (χ3v) is 4.78. The number of piperidine rings is 1. The Morgan fingerprint density at radius 1 is 1.24 bits per heavy atom. The van der Waals surface area contributed by atoms with Crippen LogP contribution in [0.25, 0.3) is 0 Å². The average Bonchev–Trinajstić information content (AvgIpc) is 2.46. The monoisotopic (exact) mass is 295 g/mol. The van der Waals surface area contributed by atoms with Crippen LogP contribution in [0, 0.1) is 5.41 Å². The van der Waals surface area contributed by atoms with E-state index >= 15 is 0 Å². The molecule has 2 fully saturated rings. The molecule has 2 heterocycles. The zero-order chi connectivity index (χ0) is 15.1. The number of hydrogen-bond acceptors (Lipinski definition) is 3. The zero-order valence-electron chi connectivity index (χ0n) is 13.2. The van der Waals surface area contributed by atoms with Crippen LogP contribution in [-0.2, 0) is 9.59 Å². The van der Waals surface area contributed by atoms with Crippen molar-refractivity contribution in [2.45, 2.75) is 51.9 Å². The van der Waals surface area contributed by atoms with Crippen LogP contribution in [0.15, 0.2) is 0 Å². The van der Waals surface area contributed by atoms with Gasteiger partial charge in [-0.2, -0.15) is 0 Å². The number of likely N-dealkylation sites (tertiary alicyclic amines) is 1. The smallest absolute Gasteiger partial charge is 0.239 e. The van der Waals surface area contributed by atoms with Gasteiger partial charge in [0.05, 0.1) is 6.54 Å². The summed E-state index contributed by atoms with van der Waals surface area (Å²) in [5.41, 5.74) is 0.196. The topological polar surface area (TPSA) is 61.4 Å². The lowest BCUT2D eigenvalue weighted by Gasteiger charge is -2.34. The maximum absolute atomic E-state index is 12.1. The number of nitrogens with zero attached hydrogens (tertiary/aromatic N) is 1. The van der Waals surface area contributed by atoms with E-state index in [-0.39, 0.29) is 23.8 Å². The Morgan fingerprint density at radius 3 is 2.71 bits per heavy atom. The van der Waals surface area contributed by atoms with E-state index in [0.29, 0.717) is 6.42 Å². The fourth-order valence-electron chi connectivity index (χ4n) is 3.13. The highest BCUT2D eigenvalue weighted by atomic mass is 16.2. The van der Waals surface area contributed by atoms with E-state index < -0.39 is 0 Å². The molecule has 2 amide bonds. The molecule has 21 heavy (non-hydrogen) atoms. The second-order valence-electron chi connectivity index (χ2n) is 6.82. The maximum Gasteiger partial charge on any atom is 0.239 e. The Morgan fingerprint density at radius 2 is 1.95 bits per heavy atom. The van der Waals surface area contributed by atoms with E-state index in [1.54, 1.807) is 4.90 Å². The van der Waals surface area contributed by atoms with E-state index in [9.17, 15) is 9.59 Å². The summed E-state index contributed by atoms with van der Waals surface area (Å²) in [7, 11) is 0. The highest BCUT2D eigenvalue weighted by Crippen LogP contribution is 2.26. The fourth-order valence-corrected chi connectivity index (χ4v) is 3.13. The van der Waals surface area contributed by atoms with Crippen molar-refractivity contribution in [3.63, 3.8) is 0 Å². The molecule has 5 heteroatoms. The largest absolute Gasteiger partial charge is 0.354 e. The van der Waals surface area contributed by atoms with Crippen LogP contribution in [0.4, 0.5) is 0 Å². The van der Waals surface area contributed by atoms with Gasteiger partial charge in [-0.05, 0) is 44.2 Å². The minimum Gasteiger partial charge on any atom is -0.354 e. The molecule has 2 rings (SSSR count). The van der Waals surface area contributed by atoms with Crippen molar-refractivity contribution >= 4 is 11.8 Å². The van der Waals surface area contributed by atoms with Crippen molar-refractivity contribution in [2.75, 3.05) is 32.7 Å². The molecule has 2 N–H and O–H groups in total. The molecular formula is C16H29N3O2. The van der Waals surface area contributed by atoms with Crippen LogP contribution >= 0.6 is 0 Å². The summed E-state index contributed by atoms with van der Waals surface area (Å²) < 4.78 is 0. The molecule has 0 bridgehead atoms. The molecule has 0 unspecified atom stereocenters. The molecule has 0 atom stereocenters. The van der Waals surface area contributed by atoms with Gasteiger partial charge in [0.1, 0.15) is 0 Å². The van der Waals surface area contributed by atoms with E-state index in [1.165, 1.54) is 0 Å². The molecule has 0 aromatic carbocycles. The number of hydrogen-bond donors (Lipinski definition) is 2. The molecule has 120 valence electrons. The van der Waals surface area contributed by atoms with E-state index in [0.717, 1.165) is 64.7 Å². The molecule has 2 aliphatic rings. The highest BCUT2D eigenvalue weighted by molar-refractivity contribution is 5.84. The summed E-state index contributed by atoms with van der Waals surface area (Å²) >= 11 is 0. The molecule has 2 saturated heterocycles. The molecule has 0 saturated carbocycles. The van der Waals surface area contributed by atoms with Crippen LogP contribution in [0.5, 0.6) is 0 Å². The van der Waals surface area contributed by atoms with Gasteiger partial charge < -0.3 is 15.5 Å². The van der Waals surface area contributed by atoms with Gasteiger partial charge in [-0.3, -0.25) is 9.59 Å². The average molecular weight is 295 g/mol. The van der Waals surface area contributed by atoms with Crippen LogP contribution in [0.2, 0.25) is 0 Å². The Kier molecular flexibility index (Phi) is 6.03. The third-order valence-electron chi connectivity index (χ3n) is 4.78. The summed E-state index contributed by atoms with van der Waals surface area (Å²) in [6.45, 7) is 5.96. The van der Waals surface area contributed by atoms with Gasteiger partial charge in [0.2, 0.25) is 11.8 Å². The highest BCUT2D eigenvalue weighted by Gasteiger charge is 2.27. The molecule has 0 aromatic heterocycles. The lowest BCUT2D eigenvalue weighted by atomic mass is 9.81. The first-order valence-corrected chi connectivity index (χ1v) is 8.34. The minimum absolute atomic E-state index is 0.0105. The predicted octanol–water partition coefficient (Wildman–Crippen LogP) is 1.29. The summed E-state index contributed by atoms with van der Waals surface area (Å²) in [6.07, 6.45) is 7.06. The summed E-state index contributed by atoms with van der Waals surface area (Å²) in [5, 5.41) is 6.38. The van der Waals surface area contributed by atoms with Gasteiger partial charge in [0, 0.05) is 19.5 Å². The Bertz CT molecular complexity index is 365. The van der Waals surface area contributed by atoms with Crippen molar-refractivity contribution in [2.24, 2.45) is 5.41 Å². The molecule has 5 nitrogen and oxygen atoms in total. The molecule has 0 aromatic rings. The first-order chi connectivity index (χ1) is 10.1. The number of amides is 2. The Balaban J connectivity index is 1.76. The van der Waals surface area contributed by atoms with E-state index in [4.69, 9.17) is 0 Å². The van der Waals surface area contributed by atoms with Crippen molar-refractivity contribution in [1.82, 2.24) is 15.5 Å². The van der Waals surface area contributed by atoms with Crippen molar-refractivity contribution in [1.29, 1.82) is 0 Å². The third kappa shape index (κ3) is 5.30. The zero-order valence-corrected chi connectivity index (χ0v) is 13.2. The first-order valence-electron chi connectivity index (χ1n) is 8.34. The number of carbonyl (C=O) groups is 2. The Labute approximate surface area is 127 Å². The van der Waals surface area contributed by atoms with Gasteiger partial charge in [-0.1, -0.05) is 19.8 Å². The van der Waals surface area contributed by atoms with Crippen LogP contribution in [0.3, 0.4) is 0 Å². The summed E-state index contributed by atoms with van der Waals surface area (Å²) in [5.74, 6) is 0.126. The summed E-state index contributed by atoms with van der Waals surface area (Å²) in [6, 6.07) is 0. The molecule has 0 spiro atoms. The number of rotatable bonds is 4. The lowest BCUT2D eigenvalue weighted by molar-refractivity contribution is -0.136. The second-order valence-corrected chi connectivity index (χ2v) is 6.82. The van der Waals surface area contributed by atoms with Crippen LogP contribution < -0.4 is 10.6 Å². The lowest BCUT2D eigenvalue weighted by Crippen LogP contribution is -2.46. The molecule has 2 aliphatic heterocycles. The van der Waals surface area contributed by atoms with E-state index in [2.05, 4.69) is 17.6 Å². The molecular weight excluding hydrogens is 266 g/mol. The van der Waals surface area contributed by atoms with E-state index in [1.807, 2.05) is 0 Å². The second kappa shape index (κ2) is 7.78. The minimum atomic E-state index is -0.0105. The molecule has 0 aliphatic carbocycles. The van der Waals surface area contributed by atoms with Crippen LogP contribution in [-0.4, -0.2) is 49.4 Å². The normalized spacial score (nSPS) is 23.3. The summed E-state index contributed by atoms with van der Waals surface area (Å²) in [4.78, 5) is 25.9. The van der Waals surface area contributed by atoms with Crippen molar-refractivity contribution in [3.05, 3.63) is 0 Å². The quantitative estimate of drug-likeness (QED) is 0.821. The van der Waals surface area contributed by atoms with Gasteiger partial charge >= 0.3 is 0 Å². The van der Waals surface area contributed by atoms with Crippen LogP contribution in [0.1, 0.15) is 51.9 Å². The predicted molar refractivity (Wildman–Crippen MR) is 82.9 cm³/mol. The Hall–Kier alpha value is -1.10. The maximum atomic E-state index is 12.1. The van der Waals surface area contributed by atoms with Gasteiger partial charge in [-0.25, -0.2) is 0 Å². The van der Waals surface area contributed by atoms with Gasteiger partial charge in [-0.15, -0.1) is 0 Å².